The summed E-state index contributed by atoms with van der Waals surface area (Å²) in [5.74, 6) is 0.927. The number of amides is 1. The lowest BCUT2D eigenvalue weighted by molar-refractivity contribution is -0.133. The van der Waals surface area contributed by atoms with Gasteiger partial charge < -0.3 is 4.90 Å². The Morgan fingerprint density at radius 2 is 1.60 bits per heavy atom. The molecular weight excluding hydrogens is 248 g/mol. The second-order valence-corrected chi connectivity index (χ2v) is 7.23. The largest absolute Gasteiger partial charge is 0.338 e. The molecule has 2 fully saturated rings. The molecule has 20 heavy (non-hydrogen) atoms. The van der Waals surface area contributed by atoms with Gasteiger partial charge in [0, 0.05) is 18.6 Å². The standard InChI is InChI=1S/C17H32N2O/c1-14(2)12-19(16-10-11-16)17(20)13-18(3)15-8-6-4-5-7-9-15/h14-16H,4-13H2,1-3H3. The molecule has 0 unspecified atom stereocenters. The molecule has 0 aromatic carbocycles. The van der Waals surface area contributed by atoms with Gasteiger partial charge in [0.05, 0.1) is 6.54 Å². The van der Waals surface area contributed by atoms with E-state index in [4.69, 9.17) is 0 Å². The van der Waals surface area contributed by atoms with Crippen LogP contribution < -0.4 is 0 Å². The van der Waals surface area contributed by atoms with E-state index in [1.165, 1.54) is 51.4 Å². The zero-order valence-electron chi connectivity index (χ0n) is 13.6. The first-order chi connectivity index (χ1) is 9.58. The highest BCUT2D eigenvalue weighted by atomic mass is 16.2. The summed E-state index contributed by atoms with van der Waals surface area (Å²) >= 11 is 0. The Hall–Kier alpha value is -0.570. The maximum atomic E-state index is 12.6. The van der Waals surface area contributed by atoms with Gasteiger partial charge in [-0.25, -0.2) is 0 Å². The topological polar surface area (TPSA) is 23.6 Å². The van der Waals surface area contributed by atoms with Crippen molar-refractivity contribution in [2.24, 2.45) is 5.92 Å². The summed E-state index contributed by atoms with van der Waals surface area (Å²) in [6.45, 7) is 5.96. The number of hydrogen-bond donors (Lipinski definition) is 0. The van der Waals surface area contributed by atoms with E-state index in [0.717, 1.165) is 6.54 Å². The van der Waals surface area contributed by atoms with E-state index >= 15 is 0 Å². The van der Waals surface area contributed by atoms with Gasteiger partial charge in [-0.3, -0.25) is 9.69 Å². The van der Waals surface area contributed by atoms with Crippen molar-refractivity contribution in [3.05, 3.63) is 0 Å². The predicted molar refractivity (Wildman–Crippen MR) is 83.7 cm³/mol. The zero-order valence-corrected chi connectivity index (χ0v) is 13.6. The lowest BCUT2D eigenvalue weighted by Crippen LogP contribution is -2.44. The lowest BCUT2D eigenvalue weighted by atomic mass is 10.1. The number of carbonyl (C=O) groups excluding carboxylic acids is 1. The van der Waals surface area contributed by atoms with E-state index in [2.05, 4.69) is 30.7 Å². The highest BCUT2D eigenvalue weighted by Crippen LogP contribution is 2.28. The molecule has 2 aliphatic rings. The minimum absolute atomic E-state index is 0.355. The Bertz CT molecular complexity index is 304. The molecule has 3 nitrogen and oxygen atoms in total. The van der Waals surface area contributed by atoms with Gasteiger partial charge in [0.25, 0.3) is 0 Å². The van der Waals surface area contributed by atoms with Crippen molar-refractivity contribution < 1.29 is 4.79 Å². The molecule has 1 amide bonds. The number of nitrogens with zero attached hydrogens (tertiary/aromatic N) is 2. The van der Waals surface area contributed by atoms with E-state index in [1.807, 2.05) is 0 Å². The van der Waals surface area contributed by atoms with Crippen LogP contribution >= 0.6 is 0 Å². The average Bonchev–Trinajstić information content (AvgIpc) is 3.21. The van der Waals surface area contributed by atoms with Gasteiger partial charge in [-0.2, -0.15) is 0 Å². The van der Waals surface area contributed by atoms with Gasteiger partial charge in [-0.1, -0.05) is 39.5 Å². The van der Waals surface area contributed by atoms with Crippen molar-refractivity contribution in [1.82, 2.24) is 9.80 Å². The fraction of sp³-hybridized carbons (Fsp3) is 0.941. The first kappa shape index (κ1) is 15.8. The summed E-state index contributed by atoms with van der Waals surface area (Å²) in [6, 6.07) is 1.17. The first-order valence-corrected chi connectivity index (χ1v) is 8.57. The number of carbonyl (C=O) groups is 1. The molecule has 116 valence electrons. The van der Waals surface area contributed by atoms with Crippen LogP contribution in [-0.4, -0.2) is 47.9 Å². The van der Waals surface area contributed by atoms with Crippen molar-refractivity contribution in [3.8, 4) is 0 Å². The van der Waals surface area contributed by atoms with Crippen LogP contribution in [0.4, 0.5) is 0 Å². The lowest BCUT2D eigenvalue weighted by Gasteiger charge is -2.31. The second-order valence-electron chi connectivity index (χ2n) is 7.23. The second kappa shape index (κ2) is 7.44. The smallest absolute Gasteiger partial charge is 0.237 e. The average molecular weight is 280 g/mol. The van der Waals surface area contributed by atoms with Crippen LogP contribution in [0, 0.1) is 5.92 Å². The Kier molecular flexibility index (Phi) is 5.88. The molecule has 0 aromatic heterocycles. The zero-order chi connectivity index (χ0) is 14.5. The van der Waals surface area contributed by atoms with Gasteiger partial charge >= 0.3 is 0 Å². The summed E-state index contributed by atoms with van der Waals surface area (Å²) in [4.78, 5) is 17.1. The van der Waals surface area contributed by atoms with E-state index in [-0.39, 0.29) is 0 Å². The van der Waals surface area contributed by atoms with Crippen molar-refractivity contribution in [2.45, 2.75) is 77.3 Å². The van der Waals surface area contributed by atoms with Gasteiger partial charge in [0.15, 0.2) is 0 Å². The molecule has 2 rings (SSSR count). The quantitative estimate of drug-likeness (QED) is 0.697. The van der Waals surface area contributed by atoms with Crippen LogP contribution in [0.2, 0.25) is 0 Å². The Morgan fingerprint density at radius 1 is 1.00 bits per heavy atom. The third kappa shape index (κ3) is 4.76. The van der Waals surface area contributed by atoms with Crippen molar-refractivity contribution in [3.63, 3.8) is 0 Å². The maximum absolute atomic E-state index is 12.6. The summed E-state index contributed by atoms with van der Waals surface area (Å²) in [7, 11) is 2.15. The Morgan fingerprint density at radius 3 is 2.10 bits per heavy atom. The van der Waals surface area contributed by atoms with Crippen LogP contribution in [0.3, 0.4) is 0 Å². The fourth-order valence-corrected chi connectivity index (χ4v) is 3.37. The molecular formula is C17H32N2O. The molecule has 0 spiro atoms. The Balaban J connectivity index is 1.84. The van der Waals surface area contributed by atoms with E-state index in [9.17, 15) is 4.79 Å². The van der Waals surface area contributed by atoms with Crippen molar-refractivity contribution >= 4 is 5.91 Å². The SMILES string of the molecule is CC(C)CN(C(=O)CN(C)C1CCCCCC1)C1CC1. The molecule has 0 heterocycles. The van der Waals surface area contributed by atoms with Crippen molar-refractivity contribution in [2.75, 3.05) is 20.1 Å². The molecule has 0 aromatic rings. The van der Waals surface area contributed by atoms with E-state index in [1.54, 1.807) is 0 Å². The van der Waals surface area contributed by atoms with E-state index < -0.39 is 0 Å². The molecule has 0 saturated heterocycles. The normalized spacial score (nSPS) is 21.2. The third-order valence-electron chi connectivity index (χ3n) is 4.70. The summed E-state index contributed by atoms with van der Waals surface area (Å²) < 4.78 is 0. The molecule has 0 atom stereocenters. The number of rotatable bonds is 6. The third-order valence-corrected chi connectivity index (χ3v) is 4.70. The van der Waals surface area contributed by atoms with Crippen LogP contribution in [-0.2, 0) is 4.79 Å². The minimum atomic E-state index is 0.355. The summed E-state index contributed by atoms with van der Waals surface area (Å²) in [6.07, 6.45) is 10.4. The number of hydrogen-bond acceptors (Lipinski definition) is 2. The molecule has 3 heteroatoms. The fourth-order valence-electron chi connectivity index (χ4n) is 3.37. The van der Waals surface area contributed by atoms with Gasteiger partial charge in [0.2, 0.25) is 5.91 Å². The van der Waals surface area contributed by atoms with Gasteiger partial charge in [0.1, 0.15) is 0 Å². The highest BCUT2D eigenvalue weighted by Gasteiger charge is 2.33. The summed E-state index contributed by atoms with van der Waals surface area (Å²) in [5.41, 5.74) is 0. The van der Waals surface area contributed by atoms with Crippen LogP contribution in [0.5, 0.6) is 0 Å². The van der Waals surface area contributed by atoms with Gasteiger partial charge in [-0.05, 0) is 38.6 Å². The molecule has 0 N–H and O–H groups in total. The molecule has 2 aliphatic carbocycles. The van der Waals surface area contributed by atoms with Crippen LogP contribution in [0.1, 0.15) is 65.2 Å². The first-order valence-electron chi connectivity index (χ1n) is 8.57. The molecule has 0 bridgehead atoms. The Labute approximate surface area is 124 Å². The van der Waals surface area contributed by atoms with Gasteiger partial charge in [-0.15, -0.1) is 0 Å². The number of likely N-dealkylation sites (N-methyl/N-ethyl adjacent to an activating group) is 1. The van der Waals surface area contributed by atoms with Crippen LogP contribution in [0.25, 0.3) is 0 Å². The maximum Gasteiger partial charge on any atom is 0.237 e. The molecule has 0 radical (unpaired) electrons. The van der Waals surface area contributed by atoms with Crippen molar-refractivity contribution in [1.29, 1.82) is 0 Å². The molecule has 0 aliphatic heterocycles. The highest BCUT2D eigenvalue weighted by molar-refractivity contribution is 5.79. The monoisotopic (exact) mass is 280 g/mol. The van der Waals surface area contributed by atoms with Crippen LogP contribution in [0.15, 0.2) is 0 Å². The summed E-state index contributed by atoms with van der Waals surface area (Å²) in [5, 5.41) is 0. The van der Waals surface area contributed by atoms with E-state index in [0.29, 0.717) is 30.5 Å². The molecule has 2 saturated carbocycles. The predicted octanol–water partition coefficient (Wildman–Crippen LogP) is 3.29. The minimum Gasteiger partial charge on any atom is -0.338 e.